The Morgan fingerprint density at radius 3 is 2.17 bits per heavy atom. The molecule has 0 spiro atoms. The number of carbonyl (C=O) groups is 3. The smallest absolute Gasteiger partial charge is 0.245 e. The minimum Gasteiger partial charge on any atom is -0.346 e. The van der Waals surface area contributed by atoms with Crippen LogP contribution in [0.15, 0.2) is 0 Å². The zero-order chi connectivity index (χ0) is 8.97. The van der Waals surface area contributed by atoms with Crippen LogP contribution in [0.5, 0.6) is 0 Å². The van der Waals surface area contributed by atoms with E-state index in [1.54, 1.807) is 0 Å². The van der Waals surface area contributed by atoms with E-state index in [-0.39, 0.29) is 25.5 Å². The van der Waals surface area contributed by atoms with E-state index < -0.39 is 11.8 Å². The second-order valence-electron chi connectivity index (χ2n) is 2.35. The summed E-state index contributed by atoms with van der Waals surface area (Å²) in [5.41, 5.74) is 0. The molecule has 1 fully saturated rings. The third kappa shape index (κ3) is 2.67. The summed E-state index contributed by atoms with van der Waals surface area (Å²) in [6.07, 6.45) is 0. The van der Waals surface area contributed by atoms with Crippen molar-refractivity contribution in [1.29, 1.82) is 0 Å². The van der Waals surface area contributed by atoms with Gasteiger partial charge in [0.05, 0.1) is 19.6 Å². The lowest BCUT2D eigenvalue weighted by molar-refractivity contribution is -0.130. The van der Waals surface area contributed by atoms with Gasteiger partial charge in [-0.25, -0.2) is 0 Å². The first-order valence-electron chi connectivity index (χ1n) is 3.48. The highest BCUT2D eigenvalue weighted by atomic mass is 16.2. The van der Waals surface area contributed by atoms with Crippen LogP contribution in [0.2, 0.25) is 0 Å². The molecule has 0 radical (unpaired) electrons. The van der Waals surface area contributed by atoms with Gasteiger partial charge in [-0.2, -0.15) is 0 Å². The third-order valence-corrected chi connectivity index (χ3v) is 1.30. The fourth-order valence-electron chi connectivity index (χ4n) is 0.775. The largest absolute Gasteiger partial charge is 0.346 e. The van der Waals surface area contributed by atoms with Crippen molar-refractivity contribution in [2.75, 3.05) is 19.6 Å². The Bertz CT molecular complexity index is 226. The normalized spacial score (nSPS) is 20.2. The average molecular weight is 171 g/mol. The molecule has 0 aromatic carbocycles. The molecule has 0 aliphatic carbocycles. The predicted octanol–water partition coefficient (Wildman–Crippen LogP) is -2.65. The average Bonchev–Trinajstić information content (AvgIpc) is 2.05. The summed E-state index contributed by atoms with van der Waals surface area (Å²) in [6.45, 7) is -0.105. The molecule has 0 aromatic rings. The van der Waals surface area contributed by atoms with Crippen LogP contribution < -0.4 is 16.0 Å². The summed E-state index contributed by atoms with van der Waals surface area (Å²) in [5.74, 6) is -1.20. The zero-order valence-electron chi connectivity index (χ0n) is 6.35. The van der Waals surface area contributed by atoms with Crippen LogP contribution in [-0.2, 0) is 14.4 Å². The summed E-state index contributed by atoms with van der Waals surface area (Å²) < 4.78 is 0. The summed E-state index contributed by atoms with van der Waals surface area (Å²) >= 11 is 0. The second-order valence-corrected chi connectivity index (χ2v) is 2.35. The van der Waals surface area contributed by atoms with Gasteiger partial charge in [0, 0.05) is 0 Å². The summed E-state index contributed by atoms with van der Waals surface area (Å²) in [6, 6.07) is 0. The molecule has 66 valence electrons. The Hall–Kier alpha value is -1.43. The predicted molar refractivity (Wildman–Crippen MR) is 39.0 cm³/mol. The van der Waals surface area contributed by atoms with E-state index in [0.29, 0.717) is 0 Å². The third-order valence-electron chi connectivity index (χ3n) is 1.30. The summed E-state index contributed by atoms with van der Waals surface area (Å²) in [7, 11) is 0. The van der Waals surface area contributed by atoms with Gasteiger partial charge in [0.15, 0.2) is 0 Å². The number of amides is 3. The van der Waals surface area contributed by atoms with Crippen molar-refractivity contribution in [3.8, 4) is 0 Å². The minimum atomic E-state index is -0.489. The molecule has 0 aromatic heterocycles. The summed E-state index contributed by atoms with van der Waals surface area (Å²) in [4.78, 5) is 32.3. The minimum absolute atomic E-state index is 0.0147. The van der Waals surface area contributed by atoms with Crippen LogP contribution in [0.1, 0.15) is 0 Å². The van der Waals surface area contributed by atoms with Crippen molar-refractivity contribution >= 4 is 17.7 Å². The lowest BCUT2D eigenvalue weighted by Crippen LogP contribution is -2.39. The zero-order valence-corrected chi connectivity index (χ0v) is 6.35. The fourth-order valence-corrected chi connectivity index (χ4v) is 0.775. The Morgan fingerprint density at radius 1 is 0.833 bits per heavy atom. The van der Waals surface area contributed by atoms with Crippen molar-refractivity contribution in [2.24, 2.45) is 0 Å². The molecule has 3 amide bonds. The van der Waals surface area contributed by atoms with Gasteiger partial charge in [-0.3, -0.25) is 25.0 Å². The van der Waals surface area contributed by atoms with E-state index in [2.05, 4.69) is 16.0 Å². The standard InChI is InChI=1S/C6H9N3O3/c10-4-1-7-2-5(11)9-6(12)3-8-4/h7H,1-3H2,(H,8,10)(H,9,11,12). The van der Waals surface area contributed by atoms with Crippen LogP contribution in [0, 0.1) is 0 Å². The van der Waals surface area contributed by atoms with Crippen molar-refractivity contribution in [3.05, 3.63) is 0 Å². The van der Waals surface area contributed by atoms with Gasteiger partial charge in [-0.05, 0) is 0 Å². The van der Waals surface area contributed by atoms with E-state index in [9.17, 15) is 14.4 Å². The van der Waals surface area contributed by atoms with Crippen molar-refractivity contribution in [3.63, 3.8) is 0 Å². The van der Waals surface area contributed by atoms with Crippen LogP contribution in [0.4, 0.5) is 0 Å². The number of carbonyl (C=O) groups excluding carboxylic acids is 3. The van der Waals surface area contributed by atoms with Gasteiger partial charge >= 0.3 is 0 Å². The Labute approximate surface area is 68.7 Å². The maximum absolute atomic E-state index is 10.8. The molecule has 1 heterocycles. The van der Waals surface area contributed by atoms with Crippen molar-refractivity contribution in [1.82, 2.24) is 16.0 Å². The molecule has 0 saturated carbocycles. The van der Waals surface area contributed by atoms with E-state index >= 15 is 0 Å². The van der Waals surface area contributed by atoms with Crippen LogP contribution in [-0.4, -0.2) is 37.4 Å². The van der Waals surface area contributed by atoms with E-state index in [4.69, 9.17) is 0 Å². The molecular weight excluding hydrogens is 162 g/mol. The second kappa shape index (κ2) is 3.82. The molecular formula is C6H9N3O3. The maximum atomic E-state index is 10.8. The van der Waals surface area contributed by atoms with Gasteiger partial charge in [0.1, 0.15) is 0 Å². The highest BCUT2D eigenvalue weighted by Gasteiger charge is 2.12. The van der Waals surface area contributed by atoms with Gasteiger partial charge in [0.2, 0.25) is 17.7 Å². The Balaban J connectivity index is 2.52. The first-order chi connectivity index (χ1) is 5.68. The Kier molecular flexibility index (Phi) is 2.76. The SMILES string of the molecule is O=C1CNCC(=O)NC(=O)CN1. The van der Waals surface area contributed by atoms with Gasteiger partial charge in [0.25, 0.3) is 0 Å². The molecule has 1 saturated heterocycles. The molecule has 6 nitrogen and oxygen atoms in total. The topological polar surface area (TPSA) is 87.3 Å². The van der Waals surface area contributed by atoms with Gasteiger partial charge < -0.3 is 5.32 Å². The molecule has 0 bridgehead atoms. The quantitative estimate of drug-likeness (QED) is 0.347. The first-order valence-corrected chi connectivity index (χ1v) is 3.48. The van der Waals surface area contributed by atoms with Crippen LogP contribution >= 0.6 is 0 Å². The lowest BCUT2D eigenvalue weighted by atomic mass is 10.5. The monoisotopic (exact) mass is 171 g/mol. The van der Waals surface area contributed by atoms with E-state index in [1.807, 2.05) is 0 Å². The molecule has 3 N–H and O–H groups in total. The molecule has 12 heavy (non-hydrogen) atoms. The van der Waals surface area contributed by atoms with Crippen molar-refractivity contribution < 1.29 is 14.4 Å². The highest BCUT2D eigenvalue weighted by Crippen LogP contribution is 1.73. The number of nitrogens with one attached hydrogen (secondary N) is 3. The number of imide groups is 1. The van der Waals surface area contributed by atoms with Gasteiger partial charge in [-0.15, -0.1) is 0 Å². The van der Waals surface area contributed by atoms with Crippen molar-refractivity contribution in [2.45, 2.75) is 0 Å². The van der Waals surface area contributed by atoms with Crippen LogP contribution in [0.3, 0.4) is 0 Å². The summed E-state index contributed by atoms with van der Waals surface area (Å²) in [5, 5.41) is 6.99. The fraction of sp³-hybridized carbons (Fsp3) is 0.500. The lowest BCUT2D eigenvalue weighted by Gasteiger charge is -1.99. The van der Waals surface area contributed by atoms with Crippen LogP contribution in [0.25, 0.3) is 0 Å². The number of hydrogen-bond acceptors (Lipinski definition) is 4. The van der Waals surface area contributed by atoms with E-state index in [0.717, 1.165) is 0 Å². The number of hydrogen-bond donors (Lipinski definition) is 3. The molecule has 0 atom stereocenters. The molecule has 0 unspecified atom stereocenters. The highest BCUT2D eigenvalue weighted by molar-refractivity contribution is 5.99. The first kappa shape index (κ1) is 8.66. The maximum Gasteiger partial charge on any atom is 0.245 e. The number of rotatable bonds is 0. The Morgan fingerprint density at radius 2 is 1.42 bits per heavy atom. The van der Waals surface area contributed by atoms with E-state index in [1.165, 1.54) is 0 Å². The molecule has 1 rings (SSSR count). The molecule has 6 heteroatoms. The molecule has 1 aliphatic rings. The molecule has 1 aliphatic heterocycles. The van der Waals surface area contributed by atoms with Gasteiger partial charge in [-0.1, -0.05) is 0 Å².